The predicted molar refractivity (Wildman–Crippen MR) is 80.2 cm³/mol. The third-order valence-electron chi connectivity index (χ3n) is 3.76. The molecular weight excluding hydrogens is 293 g/mol. The van der Waals surface area contributed by atoms with Crippen LogP contribution >= 0.6 is 0 Å². The van der Waals surface area contributed by atoms with Crippen molar-refractivity contribution in [2.75, 3.05) is 0 Å². The summed E-state index contributed by atoms with van der Waals surface area (Å²) in [5, 5.41) is -0.435. The maximum atomic E-state index is 13.1. The number of rotatable bonds is 6. The number of benzene rings is 1. The average Bonchev–Trinajstić information content (AvgIpc) is 2.44. The second kappa shape index (κ2) is 6.75. The van der Waals surface area contributed by atoms with Gasteiger partial charge in [0.15, 0.2) is 6.23 Å². The van der Waals surface area contributed by atoms with E-state index in [2.05, 4.69) is 4.72 Å². The number of sulfonamides is 1. The first-order valence-electron chi connectivity index (χ1n) is 7.38. The minimum atomic E-state index is -3.39. The topological polar surface area (TPSA) is 55.4 Å². The summed E-state index contributed by atoms with van der Waals surface area (Å²) in [6.07, 6.45) is 3.03. The molecule has 0 fully saturated rings. The van der Waals surface area contributed by atoms with Gasteiger partial charge >= 0.3 is 0 Å². The maximum absolute atomic E-state index is 13.1. The first kappa shape index (κ1) is 16.2. The first-order valence-corrected chi connectivity index (χ1v) is 8.93. The zero-order chi connectivity index (χ0) is 15.5. The Hall–Kier alpha value is -1.14. The molecule has 1 aromatic carbocycles. The molecule has 0 aliphatic carbocycles. The molecule has 0 aromatic heterocycles. The molecule has 1 aromatic rings. The third-order valence-corrected chi connectivity index (χ3v) is 5.64. The fourth-order valence-corrected chi connectivity index (χ4v) is 3.63. The van der Waals surface area contributed by atoms with Gasteiger partial charge in [0.2, 0.25) is 10.0 Å². The Labute approximate surface area is 125 Å². The van der Waals surface area contributed by atoms with Gasteiger partial charge in [-0.1, -0.05) is 19.8 Å². The smallest absolute Gasteiger partial charge is 0.217 e. The Balaban J connectivity index is 2.00. The summed E-state index contributed by atoms with van der Waals surface area (Å²) in [5.41, 5.74) is 0.782. The first-order chi connectivity index (χ1) is 9.92. The number of unbranched alkanes of at least 4 members (excludes halogenated alkanes) is 1. The quantitative estimate of drug-likeness (QED) is 0.878. The van der Waals surface area contributed by atoms with Gasteiger partial charge in [0.05, 0.1) is 5.25 Å². The highest BCUT2D eigenvalue weighted by Gasteiger charge is 2.27. The van der Waals surface area contributed by atoms with Crippen LogP contribution in [0.25, 0.3) is 0 Å². The van der Waals surface area contributed by atoms with Crippen molar-refractivity contribution >= 4 is 10.0 Å². The van der Waals surface area contributed by atoms with Gasteiger partial charge in [-0.3, -0.25) is 0 Å². The van der Waals surface area contributed by atoms with Crippen LogP contribution in [0.5, 0.6) is 5.75 Å². The van der Waals surface area contributed by atoms with Gasteiger partial charge < -0.3 is 4.74 Å². The van der Waals surface area contributed by atoms with E-state index >= 15 is 0 Å². The van der Waals surface area contributed by atoms with E-state index in [4.69, 9.17) is 4.74 Å². The Bertz CT molecular complexity index is 589. The molecule has 1 aliphatic rings. The largest absolute Gasteiger partial charge is 0.474 e. The lowest BCUT2D eigenvalue weighted by Gasteiger charge is -2.27. The highest BCUT2D eigenvalue weighted by molar-refractivity contribution is 7.90. The molecule has 1 heterocycles. The van der Waals surface area contributed by atoms with Crippen molar-refractivity contribution in [1.82, 2.24) is 4.72 Å². The normalized spacial score (nSPS) is 19.7. The molecular formula is C15H22FNO3S. The van der Waals surface area contributed by atoms with Gasteiger partial charge in [-0.2, -0.15) is 4.72 Å². The molecule has 0 radical (unpaired) electrons. The fourth-order valence-electron chi connectivity index (χ4n) is 2.39. The number of ether oxygens (including phenoxy) is 1. The molecule has 21 heavy (non-hydrogen) atoms. The predicted octanol–water partition coefficient (Wildman–Crippen LogP) is 2.97. The van der Waals surface area contributed by atoms with Crippen LogP contribution in [0.4, 0.5) is 4.39 Å². The van der Waals surface area contributed by atoms with Crippen LogP contribution in [0.2, 0.25) is 0 Å². The number of fused-ring (bicyclic) bond motifs is 1. The Kier molecular flexibility index (Phi) is 5.22. The van der Waals surface area contributed by atoms with Crippen LogP contribution in [-0.2, 0) is 16.4 Å². The van der Waals surface area contributed by atoms with E-state index < -0.39 is 21.5 Å². The van der Waals surface area contributed by atoms with Crippen molar-refractivity contribution in [3.8, 4) is 5.75 Å². The molecule has 118 valence electrons. The molecule has 2 unspecified atom stereocenters. The summed E-state index contributed by atoms with van der Waals surface area (Å²) in [4.78, 5) is 0. The van der Waals surface area contributed by atoms with Crippen molar-refractivity contribution < 1.29 is 17.5 Å². The van der Waals surface area contributed by atoms with E-state index in [0.29, 0.717) is 25.0 Å². The Morgan fingerprint density at radius 2 is 2.24 bits per heavy atom. The number of aryl methyl sites for hydroxylation is 1. The van der Waals surface area contributed by atoms with Crippen LogP contribution in [0.1, 0.15) is 45.1 Å². The van der Waals surface area contributed by atoms with Crippen LogP contribution < -0.4 is 9.46 Å². The summed E-state index contributed by atoms with van der Waals surface area (Å²) in [6.45, 7) is 3.75. The zero-order valence-corrected chi connectivity index (χ0v) is 13.2. The number of hydrogen-bond donors (Lipinski definition) is 1. The van der Waals surface area contributed by atoms with Crippen molar-refractivity contribution in [3.63, 3.8) is 0 Å². The number of nitrogens with one attached hydrogen (secondary N) is 1. The Morgan fingerprint density at radius 3 is 2.95 bits per heavy atom. The monoisotopic (exact) mass is 315 g/mol. The van der Waals surface area contributed by atoms with Gasteiger partial charge in [0.1, 0.15) is 11.6 Å². The number of hydrogen-bond acceptors (Lipinski definition) is 3. The molecule has 0 amide bonds. The zero-order valence-electron chi connectivity index (χ0n) is 12.4. The van der Waals surface area contributed by atoms with Gasteiger partial charge in [-0.05, 0) is 43.5 Å². The highest BCUT2D eigenvalue weighted by Crippen LogP contribution is 2.27. The van der Waals surface area contributed by atoms with E-state index in [9.17, 15) is 12.8 Å². The molecule has 1 aliphatic heterocycles. The standard InChI is InChI=1S/C15H22FNO3S/c1-3-4-5-11(2)21(18,19)17-15-9-6-12-10-13(16)7-8-14(12)20-15/h7-8,10-11,15,17H,3-6,9H2,1-2H3. The van der Waals surface area contributed by atoms with Gasteiger partial charge in [-0.15, -0.1) is 0 Å². The maximum Gasteiger partial charge on any atom is 0.217 e. The summed E-state index contributed by atoms with van der Waals surface area (Å²) in [5.74, 6) is 0.251. The number of halogens is 1. The molecule has 2 rings (SSSR count). The van der Waals surface area contributed by atoms with E-state index in [1.807, 2.05) is 6.92 Å². The molecule has 0 bridgehead atoms. The summed E-state index contributed by atoms with van der Waals surface area (Å²) in [7, 11) is -3.39. The van der Waals surface area contributed by atoms with Crippen LogP contribution in [-0.4, -0.2) is 19.9 Å². The second-order valence-corrected chi connectivity index (χ2v) is 7.64. The van der Waals surface area contributed by atoms with Crippen molar-refractivity contribution in [1.29, 1.82) is 0 Å². The lowest BCUT2D eigenvalue weighted by atomic mass is 10.1. The van der Waals surface area contributed by atoms with Crippen LogP contribution in [0.15, 0.2) is 18.2 Å². The Morgan fingerprint density at radius 1 is 1.48 bits per heavy atom. The van der Waals surface area contributed by atoms with Crippen LogP contribution in [0, 0.1) is 5.82 Å². The lowest BCUT2D eigenvalue weighted by molar-refractivity contribution is 0.162. The highest BCUT2D eigenvalue weighted by atomic mass is 32.2. The third kappa shape index (κ3) is 4.17. The molecule has 1 N–H and O–H groups in total. The second-order valence-electron chi connectivity index (χ2n) is 5.51. The van der Waals surface area contributed by atoms with E-state index in [1.54, 1.807) is 13.0 Å². The summed E-state index contributed by atoms with van der Waals surface area (Å²) in [6, 6.07) is 4.30. The van der Waals surface area contributed by atoms with Gasteiger partial charge in [0.25, 0.3) is 0 Å². The molecule has 0 saturated carbocycles. The van der Waals surface area contributed by atoms with Gasteiger partial charge in [-0.25, -0.2) is 12.8 Å². The SMILES string of the molecule is CCCCC(C)S(=O)(=O)NC1CCc2cc(F)ccc2O1. The molecule has 0 saturated heterocycles. The van der Waals surface area contributed by atoms with Crippen molar-refractivity contribution in [2.24, 2.45) is 0 Å². The lowest BCUT2D eigenvalue weighted by Crippen LogP contribution is -2.44. The minimum Gasteiger partial charge on any atom is -0.474 e. The average molecular weight is 315 g/mol. The van der Waals surface area contributed by atoms with Gasteiger partial charge in [0, 0.05) is 6.42 Å². The van der Waals surface area contributed by atoms with Crippen molar-refractivity contribution in [3.05, 3.63) is 29.6 Å². The fraction of sp³-hybridized carbons (Fsp3) is 0.600. The van der Waals surface area contributed by atoms with Crippen LogP contribution in [0.3, 0.4) is 0 Å². The molecule has 6 heteroatoms. The minimum absolute atomic E-state index is 0.301. The van der Waals surface area contributed by atoms with E-state index in [1.165, 1.54) is 12.1 Å². The summed E-state index contributed by atoms with van der Waals surface area (Å²) < 4.78 is 45.8. The van der Waals surface area contributed by atoms with E-state index in [0.717, 1.165) is 18.4 Å². The van der Waals surface area contributed by atoms with Crippen molar-refractivity contribution in [2.45, 2.75) is 57.4 Å². The summed E-state index contributed by atoms with van der Waals surface area (Å²) >= 11 is 0. The molecule has 2 atom stereocenters. The molecule has 0 spiro atoms. The molecule has 4 nitrogen and oxygen atoms in total. The van der Waals surface area contributed by atoms with E-state index in [-0.39, 0.29) is 5.82 Å².